The number of hydrogen-bond acceptors (Lipinski definition) is 5. The molecule has 1 heterocycles. The Morgan fingerprint density at radius 1 is 1.61 bits per heavy atom. The molecule has 0 spiro atoms. The third kappa shape index (κ3) is 2.44. The summed E-state index contributed by atoms with van der Waals surface area (Å²) in [4.78, 5) is 11.4. The summed E-state index contributed by atoms with van der Waals surface area (Å²) in [6.07, 6.45) is 0. The highest BCUT2D eigenvalue weighted by molar-refractivity contribution is 5.90. The summed E-state index contributed by atoms with van der Waals surface area (Å²) in [6.45, 7) is 1.66. The van der Waals surface area contributed by atoms with Gasteiger partial charge in [-0.15, -0.1) is 0 Å². The van der Waals surface area contributed by atoms with Gasteiger partial charge in [0.05, 0.1) is 37.6 Å². The van der Waals surface area contributed by atoms with Crippen molar-refractivity contribution in [1.82, 2.24) is 5.32 Å². The summed E-state index contributed by atoms with van der Waals surface area (Å²) in [5.74, 6) is -1.22. The highest BCUT2D eigenvalue weighted by atomic mass is 19.1. The standard InChI is InChI=1S/C12H15FN2O3/c1-17-12(16)7-4-8(11(14)9(13)5-7)10-6-18-3-2-15-10/h4-5,10,15H,2-3,6,14H2,1H3/t10-/m0/s1. The van der Waals surface area contributed by atoms with Crippen LogP contribution >= 0.6 is 0 Å². The lowest BCUT2D eigenvalue weighted by atomic mass is 10.0. The van der Waals surface area contributed by atoms with E-state index in [1.165, 1.54) is 13.2 Å². The Labute approximate surface area is 104 Å². The van der Waals surface area contributed by atoms with Crippen LogP contribution in [0.1, 0.15) is 22.0 Å². The molecular weight excluding hydrogens is 239 g/mol. The molecule has 1 aromatic rings. The molecule has 0 aliphatic carbocycles. The minimum atomic E-state index is -0.625. The Balaban J connectivity index is 2.38. The normalized spacial score (nSPS) is 19.6. The van der Waals surface area contributed by atoms with E-state index in [0.29, 0.717) is 25.3 Å². The van der Waals surface area contributed by atoms with Crippen LogP contribution in [0.15, 0.2) is 12.1 Å². The number of methoxy groups -OCH3 is 1. The average Bonchev–Trinajstić information content (AvgIpc) is 2.41. The van der Waals surface area contributed by atoms with Gasteiger partial charge in [-0.25, -0.2) is 9.18 Å². The Bertz CT molecular complexity index is 459. The fourth-order valence-corrected chi connectivity index (χ4v) is 1.93. The molecule has 0 saturated carbocycles. The number of rotatable bonds is 2. The van der Waals surface area contributed by atoms with Crippen molar-refractivity contribution >= 4 is 11.7 Å². The molecule has 3 N–H and O–H groups in total. The van der Waals surface area contributed by atoms with E-state index in [4.69, 9.17) is 10.5 Å². The summed E-state index contributed by atoms with van der Waals surface area (Å²) < 4.78 is 23.6. The van der Waals surface area contributed by atoms with Crippen LogP contribution in [0.3, 0.4) is 0 Å². The molecule has 0 aromatic heterocycles. The highest BCUT2D eigenvalue weighted by Gasteiger charge is 2.22. The zero-order chi connectivity index (χ0) is 13.1. The summed E-state index contributed by atoms with van der Waals surface area (Å²) in [5.41, 5.74) is 6.40. The predicted octanol–water partition coefficient (Wildman–Crippen LogP) is 0.855. The minimum absolute atomic E-state index is 0.0330. The summed E-state index contributed by atoms with van der Waals surface area (Å²) >= 11 is 0. The van der Waals surface area contributed by atoms with Crippen molar-refractivity contribution in [3.05, 3.63) is 29.1 Å². The first-order chi connectivity index (χ1) is 8.63. The third-order valence-electron chi connectivity index (χ3n) is 2.88. The maximum Gasteiger partial charge on any atom is 0.337 e. The molecule has 0 radical (unpaired) electrons. The van der Waals surface area contributed by atoms with Gasteiger partial charge < -0.3 is 20.5 Å². The van der Waals surface area contributed by atoms with Gasteiger partial charge >= 0.3 is 5.97 Å². The van der Waals surface area contributed by atoms with Crippen LogP contribution in [-0.4, -0.2) is 32.8 Å². The van der Waals surface area contributed by atoms with Gasteiger partial charge in [0.15, 0.2) is 0 Å². The van der Waals surface area contributed by atoms with Gasteiger partial charge in [0.25, 0.3) is 0 Å². The molecule has 1 saturated heterocycles. The number of ether oxygens (including phenoxy) is 2. The summed E-state index contributed by atoms with van der Waals surface area (Å²) in [7, 11) is 1.25. The molecule has 98 valence electrons. The fraction of sp³-hybridized carbons (Fsp3) is 0.417. The van der Waals surface area contributed by atoms with Crippen molar-refractivity contribution < 1.29 is 18.7 Å². The van der Waals surface area contributed by atoms with Crippen LogP contribution in [0.25, 0.3) is 0 Å². The fourth-order valence-electron chi connectivity index (χ4n) is 1.93. The number of hydrogen-bond donors (Lipinski definition) is 2. The number of morpholine rings is 1. The van der Waals surface area contributed by atoms with Gasteiger partial charge in [-0.3, -0.25) is 0 Å². The van der Waals surface area contributed by atoms with Crippen LogP contribution < -0.4 is 11.1 Å². The van der Waals surface area contributed by atoms with Crippen LogP contribution in [0, 0.1) is 5.82 Å². The molecular formula is C12H15FN2O3. The number of carbonyl (C=O) groups excluding carboxylic acids is 1. The van der Waals surface area contributed by atoms with Crippen LogP contribution in [0.5, 0.6) is 0 Å². The average molecular weight is 254 g/mol. The smallest absolute Gasteiger partial charge is 0.337 e. The lowest BCUT2D eigenvalue weighted by Gasteiger charge is -2.25. The van der Waals surface area contributed by atoms with Crippen molar-refractivity contribution in [3.8, 4) is 0 Å². The Hall–Kier alpha value is -1.66. The molecule has 0 bridgehead atoms. The second-order valence-corrected chi connectivity index (χ2v) is 4.03. The van der Waals surface area contributed by atoms with Crippen LogP contribution in [0.2, 0.25) is 0 Å². The van der Waals surface area contributed by atoms with Crippen molar-refractivity contribution in [3.63, 3.8) is 0 Å². The van der Waals surface area contributed by atoms with E-state index in [0.717, 1.165) is 6.07 Å². The Morgan fingerprint density at radius 3 is 3.00 bits per heavy atom. The largest absolute Gasteiger partial charge is 0.465 e. The maximum absolute atomic E-state index is 13.7. The van der Waals surface area contributed by atoms with Crippen molar-refractivity contribution in [2.75, 3.05) is 32.6 Å². The van der Waals surface area contributed by atoms with Crippen molar-refractivity contribution in [2.24, 2.45) is 0 Å². The molecule has 0 unspecified atom stereocenters. The zero-order valence-electron chi connectivity index (χ0n) is 10.0. The van der Waals surface area contributed by atoms with Crippen LogP contribution in [0.4, 0.5) is 10.1 Å². The third-order valence-corrected chi connectivity index (χ3v) is 2.88. The minimum Gasteiger partial charge on any atom is -0.465 e. The lowest BCUT2D eigenvalue weighted by molar-refractivity contribution is 0.0598. The van der Waals surface area contributed by atoms with E-state index in [1.807, 2.05) is 0 Å². The topological polar surface area (TPSA) is 73.6 Å². The Kier molecular flexibility index (Phi) is 3.78. The number of esters is 1. The van der Waals surface area contributed by atoms with E-state index >= 15 is 0 Å². The van der Waals surface area contributed by atoms with Gasteiger partial charge in [-0.2, -0.15) is 0 Å². The quantitative estimate of drug-likeness (QED) is 0.604. The maximum atomic E-state index is 13.7. The first-order valence-electron chi connectivity index (χ1n) is 5.62. The Morgan fingerprint density at radius 2 is 2.39 bits per heavy atom. The zero-order valence-corrected chi connectivity index (χ0v) is 10.0. The van der Waals surface area contributed by atoms with E-state index in [9.17, 15) is 9.18 Å². The second-order valence-electron chi connectivity index (χ2n) is 4.03. The van der Waals surface area contributed by atoms with E-state index in [1.54, 1.807) is 0 Å². The molecule has 1 aliphatic heterocycles. The summed E-state index contributed by atoms with van der Waals surface area (Å²) in [6, 6.07) is 2.41. The van der Waals surface area contributed by atoms with Crippen molar-refractivity contribution in [2.45, 2.75) is 6.04 Å². The lowest BCUT2D eigenvalue weighted by Crippen LogP contribution is -2.35. The first kappa shape index (κ1) is 12.8. The molecule has 2 rings (SSSR count). The summed E-state index contributed by atoms with van der Waals surface area (Å²) in [5, 5.41) is 3.16. The molecule has 0 amide bonds. The molecule has 18 heavy (non-hydrogen) atoms. The highest BCUT2D eigenvalue weighted by Crippen LogP contribution is 2.26. The number of nitrogens with two attached hydrogens (primary N) is 1. The number of halogens is 1. The van der Waals surface area contributed by atoms with Gasteiger partial charge in [0.1, 0.15) is 5.82 Å². The number of nitrogen functional groups attached to an aromatic ring is 1. The second kappa shape index (κ2) is 5.32. The van der Waals surface area contributed by atoms with Gasteiger partial charge in [0.2, 0.25) is 0 Å². The number of nitrogens with one attached hydrogen (secondary N) is 1. The SMILES string of the molecule is COC(=O)c1cc(F)c(N)c([C@@H]2COCCN2)c1. The molecule has 1 aromatic carbocycles. The molecule has 5 nitrogen and oxygen atoms in total. The van der Waals surface area contributed by atoms with Crippen molar-refractivity contribution in [1.29, 1.82) is 0 Å². The first-order valence-corrected chi connectivity index (χ1v) is 5.62. The van der Waals surface area contributed by atoms with Gasteiger partial charge in [-0.1, -0.05) is 0 Å². The van der Waals surface area contributed by atoms with Crippen LogP contribution in [-0.2, 0) is 9.47 Å². The van der Waals surface area contributed by atoms with E-state index in [-0.39, 0.29) is 17.3 Å². The number of carbonyl (C=O) groups is 1. The number of anilines is 1. The monoisotopic (exact) mass is 254 g/mol. The van der Waals surface area contributed by atoms with E-state index in [2.05, 4.69) is 10.1 Å². The number of benzene rings is 1. The molecule has 1 fully saturated rings. The molecule has 1 atom stereocenters. The molecule has 1 aliphatic rings. The van der Waals surface area contributed by atoms with Gasteiger partial charge in [0, 0.05) is 6.54 Å². The van der Waals surface area contributed by atoms with Gasteiger partial charge in [-0.05, 0) is 17.7 Å². The predicted molar refractivity (Wildman–Crippen MR) is 63.7 cm³/mol. The van der Waals surface area contributed by atoms with E-state index < -0.39 is 11.8 Å². The molecule has 6 heteroatoms.